The maximum Gasteiger partial charge on any atom is 0.335 e. The van der Waals surface area contributed by atoms with Gasteiger partial charge in [0.15, 0.2) is 0 Å². The number of nitrogens with zero attached hydrogens (tertiary/aromatic N) is 6. The molecule has 0 atom stereocenters. The van der Waals surface area contributed by atoms with Gasteiger partial charge in [0, 0.05) is 54.4 Å². The quantitative estimate of drug-likeness (QED) is 0.159. The van der Waals surface area contributed by atoms with Gasteiger partial charge in [-0.25, -0.2) is 9.78 Å². The van der Waals surface area contributed by atoms with E-state index in [0.29, 0.717) is 66.4 Å². The predicted octanol–water partition coefficient (Wildman–Crippen LogP) is 8.23. The van der Waals surface area contributed by atoms with Crippen LogP contribution in [-0.2, 0) is 27.1 Å². The van der Waals surface area contributed by atoms with Gasteiger partial charge in [-0.1, -0.05) is 29.3 Å². The Balaban J connectivity index is 1.38. The first-order chi connectivity index (χ1) is 23.9. The van der Waals surface area contributed by atoms with Crippen LogP contribution in [0.4, 0.5) is 5.69 Å². The molecule has 0 spiro atoms. The van der Waals surface area contributed by atoms with Crippen LogP contribution in [0, 0.1) is 27.7 Å². The molecule has 3 aromatic carbocycles. The smallest absolute Gasteiger partial charge is 0.335 e. The number of carboxylic acid groups (broad SMARTS) is 1. The molecular weight excluding hydrogens is 675 g/mol. The van der Waals surface area contributed by atoms with Gasteiger partial charge < -0.3 is 23.9 Å². The predicted molar refractivity (Wildman–Crippen MR) is 197 cm³/mol. The average Bonchev–Trinajstić information content (AvgIpc) is 3.64. The second-order valence-electron chi connectivity index (χ2n) is 13.1. The van der Waals surface area contributed by atoms with E-state index < -0.39 is 5.97 Å². The van der Waals surface area contributed by atoms with Crippen LogP contribution >= 0.6 is 23.2 Å². The Labute approximate surface area is 299 Å². The number of carboxylic acids is 1. The number of aromatic nitrogens is 5. The molecular formula is C38H38Cl2N6O4. The largest absolute Gasteiger partial charge is 0.494 e. The highest BCUT2D eigenvalue weighted by Crippen LogP contribution is 2.43. The van der Waals surface area contributed by atoms with Crippen molar-refractivity contribution < 1.29 is 19.4 Å². The maximum absolute atomic E-state index is 15.0. The summed E-state index contributed by atoms with van der Waals surface area (Å²) in [4.78, 5) is 33.5. The third kappa shape index (κ3) is 5.51. The van der Waals surface area contributed by atoms with Crippen molar-refractivity contribution in [2.45, 2.75) is 53.5 Å². The van der Waals surface area contributed by atoms with Crippen LogP contribution in [0.3, 0.4) is 0 Å². The number of aryl methyl sites for hydroxylation is 7. The molecule has 1 aliphatic heterocycles. The van der Waals surface area contributed by atoms with Crippen LogP contribution in [0.25, 0.3) is 33.1 Å². The van der Waals surface area contributed by atoms with Crippen LogP contribution in [0.2, 0.25) is 10.0 Å². The minimum atomic E-state index is -1.07. The van der Waals surface area contributed by atoms with Crippen LogP contribution in [0.1, 0.15) is 61.8 Å². The van der Waals surface area contributed by atoms with Gasteiger partial charge >= 0.3 is 5.97 Å². The molecule has 0 saturated carbocycles. The average molecular weight is 714 g/mol. The van der Waals surface area contributed by atoms with Gasteiger partial charge in [-0.05, 0) is 94.0 Å². The first kappa shape index (κ1) is 33.7. The molecule has 12 heteroatoms. The Bertz CT molecular complexity index is 2350. The van der Waals surface area contributed by atoms with Gasteiger partial charge in [0.2, 0.25) is 0 Å². The minimum absolute atomic E-state index is 0.0929. The lowest BCUT2D eigenvalue weighted by atomic mass is 9.98. The van der Waals surface area contributed by atoms with Gasteiger partial charge in [-0.3, -0.25) is 9.48 Å². The van der Waals surface area contributed by atoms with E-state index in [0.717, 1.165) is 60.9 Å². The number of halogens is 2. The van der Waals surface area contributed by atoms with Gasteiger partial charge in [-0.15, -0.1) is 0 Å². The zero-order valence-corrected chi connectivity index (χ0v) is 30.4. The third-order valence-electron chi connectivity index (χ3n) is 9.85. The van der Waals surface area contributed by atoms with Gasteiger partial charge in [0.05, 0.1) is 45.9 Å². The molecule has 1 amide bonds. The van der Waals surface area contributed by atoms with E-state index >= 15 is 4.79 Å². The van der Waals surface area contributed by atoms with Crippen molar-refractivity contribution in [1.29, 1.82) is 0 Å². The Kier molecular flexibility index (Phi) is 8.64. The number of amides is 1. The van der Waals surface area contributed by atoms with Crippen molar-refractivity contribution in [3.8, 4) is 16.9 Å². The first-order valence-corrected chi connectivity index (χ1v) is 17.4. The SMILES string of the molecule is Cc1cc(OCCCc2c3n(c4c(-c5c(C)nn(C)c5C)c(Cl)ccc24)CCCN(c2cc(C(=O)O)cc4c2ncn4C)C3=O)cc(C)c1Cl. The molecule has 7 rings (SSSR count). The summed E-state index contributed by atoms with van der Waals surface area (Å²) >= 11 is 13.4. The van der Waals surface area contributed by atoms with Crippen LogP contribution < -0.4 is 9.64 Å². The topological polar surface area (TPSA) is 107 Å². The van der Waals surface area contributed by atoms with Crippen molar-refractivity contribution in [3.63, 3.8) is 0 Å². The number of hydrogen-bond donors (Lipinski definition) is 1. The van der Waals surface area contributed by atoms with Crippen molar-refractivity contribution in [1.82, 2.24) is 23.9 Å². The highest BCUT2D eigenvalue weighted by molar-refractivity contribution is 6.35. The lowest BCUT2D eigenvalue weighted by Gasteiger charge is -2.22. The molecule has 0 radical (unpaired) electrons. The summed E-state index contributed by atoms with van der Waals surface area (Å²) in [6, 6.07) is 10.9. The molecule has 4 heterocycles. The van der Waals surface area contributed by atoms with E-state index in [1.165, 1.54) is 0 Å². The molecule has 1 N–H and O–H groups in total. The number of imidazole rings is 1. The summed E-state index contributed by atoms with van der Waals surface area (Å²) in [5, 5.41) is 16.9. The van der Waals surface area contributed by atoms with E-state index in [-0.39, 0.29) is 11.5 Å². The maximum atomic E-state index is 15.0. The Morgan fingerprint density at radius 1 is 1.00 bits per heavy atom. The fourth-order valence-corrected chi connectivity index (χ4v) is 7.76. The van der Waals surface area contributed by atoms with Crippen molar-refractivity contribution >= 4 is 62.7 Å². The number of benzene rings is 3. The van der Waals surface area contributed by atoms with E-state index in [1.54, 1.807) is 27.9 Å². The normalized spacial score (nSPS) is 13.4. The van der Waals surface area contributed by atoms with Crippen LogP contribution in [0.15, 0.2) is 42.7 Å². The summed E-state index contributed by atoms with van der Waals surface area (Å²) < 4.78 is 11.9. The molecule has 258 valence electrons. The Hall–Kier alpha value is -4.80. The van der Waals surface area contributed by atoms with Crippen LogP contribution in [-0.4, -0.2) is 54.0 Å². The molecule has 0 unspecified atom stereocenters. The number of carbonyl (C=O) groups is 2. The Morgan fingerprint density at radius 3 is 2.42 bits per heavy atom. The highest BCUT2D eigenvalue weighted by Gasteiger charge is 2.33. The van der Waals surface area contributed by atoms with E-state index in [9.17, 15) is 9.90 Å². The zero-order valence-electron chi connectivity index (χ0n) is 28.9. The number of carbonyl (C=O) groups excluding carboxylic acids is 1. The number of fused-ring (bicyclic) bond motifs is 4. The summed E-state index contributed by atoms with van der Waals surface area (Å²) in [7, 11) is 3.73. The standard InChI is InChI=1S/C38H38Cl2N6O4/c1-20-15-25(16-21(2)33(20)40)50-14-7-9-26-27-10-11-28(39)32(31-22(3)42-44(6)23(31)4)35(27)46-13-8-12-45(37(47)36(26)46)30-18-24(38(48)49)17-29-34(30)41-19-43(29)5/h10-11,15-19H,7-9,12-14H2,1-6H3,(H,48,49). The number of rotatable bonds is 8. The molecule has 3 aromatic heterocycles. The fourth-order valence-electron chi connectivity index (χ4n) is 7.40. The second kappa shape index (κ2) is 12.8. The second-order valence-corrected chi connectivity index (χ2v) is 13.9. The molecule has 1 aliphatic rings. The lowest BCUT2D eigenvalue weighted by Crippen LogP contribution is -2.32. The van der Waals surface area contributed by atoms with Gasteiger partial charge in [-0.2, -0.15) is 5.10 Å². The summed E-state index contributed by atoms with van der Waals surface area (Å²) in [6.07, 6.45) is 3.47. The number of ether oxygens (including phenoxy) is 1. The molecule has 10 nitrogen and oxygen atoms in total. The molecule has 0 saturated heterocycles. The Morgan fingerprint density at radius 2 is 1.74 bits per heavy atom. The molecule has 0 fully saturated rings. The summed E-state index contributed by atoms with van der Waals surface area (Å²) in [5.74, 6) is -0.532. The zero-order chi connectivity index (χ0) is 35.6. The molecule has 6 aromatic rings. The third-order valence-corrected chi connectivity index (χ3v) is 10.8. The fraction of sp³-hybridized carbons (Fsp3) is 0.316. The van der Waals surface area contributed by atoms with Gasteiger partial charge in [0.1, 0.15) is 17.0 Å². The van der Waals surface area contributed by atoms with E-state index in [2.05, 4.69) is 9.55 Å². The van der Waals surface area contributed by atoms with Gasteiger partial charge in [0.25, 0.3) is 5.91 Å². The van der Waals surface area contributed by atoms with Crippen molar-refractivity contribution in [2.24, 2.45) is 14.1 Å². The first-order valence-electron chi connectivity index (χ1n) is 16.6. The molecule has 0 bridgehead atoms. The number of anilines is 1. The summed E-state index contributed by atoms with van der Waals surface area (Å²) in [5.41, 5.74) is 9.66. The van der Waals surface area contributed by atoms with E-state index in [1.807, 2.05) is 70.7 Å². The minimum Gasteiger partial charge on any atom is -0.494 e. The summed E-state index contributed by atoms with van der Waals surface area (Å²) in [6.45, 7) is 9.29. The van der Waals surface area contributed by atoms with Crippen LogP contribution in [0.5, 0.6) is 5.75 Å². The van der Waals surface area contributed by atoms with Crippen molar-refractivity contribution in [3.05, 3.63) is 92.1 Å². The highest BCUT2D eigenvalue weighted by atomic mass is 35.5. The van der Waals surface area contributed by atoms with E-state index in [4.69, 9.17) is 33.0 Å². The molecule has 0 aliphatic carbocycles. The number of aromatic carboxylic acids is 1. The monoisotopic (exact) mass is 712 g/mol. The van der Waals surface area contributed by atoms with Crippen molar-refractivity contribution in [2.75, 3.05) is 18.1 Å². The lowest BCUT2D eigenvalue weighted by molar-refractivity contribution is 0.0696. The number of hydrogen-bond acceptors (Lipinski definition) is 5. The molecule has 50 heavy (non-hydrogen) atoms.